The maximum atomic E-state index is 5.38. The van der Waals surface area contributed by atoms with Crippen molar-refractivity contribution in [3.05, 3.63) is 54.6 Å². The molecule has 1 heterocycles. The highest BCUT2D eigenvalue weighted by Crippen LogP contribution is 2.37. The molecule has 0 unspecified atom stereocenters. The van der Waals surface area contributed by atoms with Crippen LogP contribution in [0.3, 0.4) is 0 Å². The molecule has 0 spiro atoms. The fourth-order valence-corrected chi connectivity index (χ4v) is 3.04. The Morgan fingerprint density at radius 2 is 1.76 bits per heavy atom. The predicted molar refractivity (Wildman–Crippen MR) is 73.8 cm³/mol. The number of methoxy groups -OCH3 is 1. The van der Waals surface area contributed by atoms with Crippen molar-refractivity contribution in [3.8, 4) is 16.2 Å². The third-order valence-electron chi connectivity index (χ3n) is 2.80. The van der Waals surface area contributed by atoms with Gasteiger partial charge in [0.15, 0.2) is 0 Å². The predicted octanol–water partition coefficient (Wildman–Crippen LogP) is 4.58. The smallest absolute Gasteiger partial charge is 0.127 e. The lowest BCUT2D eigenvalue weighted by Gasteiger charge is -1.99. The summed E-state index contributed by atoms with van der Waals surface area (Å²) in [6, 6.07) is 18.8. The molecule has 0 radical (unpaired) electrons. The summed E-state index contributed by atoms with van der Waals surface area (Å²) < 4.78 is 6.65. The van der Waals surface area contributed by atoms with E-state index in [4.69, 9.17) is 4.74 Å². The molecule has 1 aromatic heterocycles. The van der Waals surface area contributed by atoms with E-state index in [9.17, 15) is 0 Å². The molecule has 0 aliphatic rings. The van der Waals surface area contributed by atoms with E-state index in [1.165, 1.54) is 20.5 Å². The first-order valence-electron chi connectivity index (χ1n) is 5.50. The van der Waals surface area contributed by atoms with Crippen LogP contribution in [0.15, 0.2) is 54.6 Å². The van der Waals surface area contributed by atoms with Crippen LogP contribution in [-0.2, 0) is 0 Å². The van der Waals surface area contributed by atoms with Gasteiger partial charge in [0.05, 0.1) is 7.11 Å². The van der Waals surface area contributed by atoms with Gasteiger partial charge in [0.25, 0.3) is 0 Å². The molecule has 2 heteroatoms. The van der Waals surface area contributed by atoms with Gasteiger partial charge in [-0.2, -0.15) is 0 Å². The largest absolute Gasteiger partial charge is 0.496 e. The number of benzene rings is 2. The Morgan fingerprint density at radius 3 is 2.53 bits per heavy atom. The molecule has 0 fully saturated rings. The van der Waals surface area contributed by atoms with E-state index in [2.05, 4.69) is 36.4 Å². The molecular weight excluding hydrogens is 228 g/mol. The molecule has 17 heavy (non-hydrogen) atoms. The van der Waals surface area contributed by atoms with Gasteiger partial charge in [-0.15, -0.1) is 11.3 Å². The van der Waals surface area contributed by atoms with Crippen LogP contribution in [0.4, 0.5) is 0 Å². The molecule has 84 valence electrons. The lowest BCUT2D eigenvalue weighted by atomic mass is 10.1. The van der Waals surface area contributed by atoms with E-state index >= 15 is 0 Å². The van der Waals surface area contributed by atoms with Gasteiger partial charge in [0, 0.05) is 15.0 Å². The Hall–Kier alpha value is -1.80. The molecule has 0 aliphatic heterocycles. The van der Waals surface area contributed by atoms with Crippen molar-refractivity contribution in [3.63, 3.8) is 0 Å². The van der Waals surface area contributed by atoms with E-state index in [1.54, 1.807) is 18.4 Å². The number of rotatable bonds is 2. The quantitative estimate of drug-likeness (QED) is 0.637. The minimum atomic E-state index is 0.945. The molecule has 3 rings (SSSR count). The molecular formula is C15H12OS. The van der Waals surface area contributed by atoms with E-state index in [1.807, 2.05) is 18.2 Å². The molecule has 1 nitrogen and oxygen atoms in total. The van der Waals surface area contributed by atoms with E-state index in [0.717, 1.165) is 5.75 Å². The van der Waals surface area contributed by atoms with E-state index < -0.39 is 0 Å². The zero-order chi connectivity index (χ0) is 11.7. The minimum Gasteiger partial charge on any atom is -0.496 e. The van der Waals surface area contributed by atoms with Crippen molar-refractivity contribution in [1.82, 2.24) is 0 Å². The van der Waals surface area contributed by atoms with Crippen LogP contribution < -0.4 is 4.74 Å². The van der Waals surface area contributed by atoms with Crippen molar-refractivity contribution >= 4 is 21.4 Å². The van der Waals surface area contributed by atoms with Gasteiger partial charge in [-0.3, -0.25) is 0 Å². The molecule has 0 atom stereocenters. The van der Waals surface area contributed by atoms with E-state index in [0.29, 0.717) is 0 Å². The second-order valence-corrected chi connectivity index (χ2v) is 4.93. The number of fused-ring (bicyclic) bond motifs is 1. The van der Waals surface area contributed by atoms with Crippen LogP contribution in [0, 0.1) is 0 Å². The van der Waals surface area contributed by atoms with E-state index in [-0.39, 0.29) is 0 Å². The molecule has 0 N–H and O–H groups in total. The van der Waals surface area contributed by atoms with Gasteiger partial charge in [-0.1, -0.05) is 36.4 Å². The summed E-state index contributed by atoms with van der Waals surface area (Å²) >= 11 is 1.80. The summed E-state index contributed by atoms with van der Waals surface area (Å²) in [6.07, 6.45) is 0. The summed E-state index contributed by atoms with van der Waals surface area (Å²) in [6.45, 7) is 0. The third-order valence-corrected chi connectivity index (χ3v) is 3.95. The monoisotopic (exact) mass is 240 g/mol. The maximum absolute atomic E-state index is 5.38. The van der Waals surface area contributed by atoms with Crippen molar-refractivity contribution in [2.24, 2.45) is 0 Å². The summed E-state index contributed by atoms with van der Waals surface area (Å²) in [5, 5.41) is 1.19. The average Bonchev–Trinajstić information content (AvgIpc) is 2.83. The first-order valence-corrected chi connectivity index (χ1v) is 6.32. The Morgan fingerprint density at radius 1 is 0.941 bits per heavy atom. The number of hydrogen-bond acceptors (Lipinski definition) is 2. The molecule has 0 aliphatic carbocycles. The van der Waals surface area contributed by atoms with Crippen LogP contribution >= 0.6 is 11.3 Å². The SMILES string of the molecule is COc1cccc2sc(-c3ccccc3)cc12. The highest BCUT2D eigenvalue weighted by atomic mass is 32.1. The highest BCUT2D eigenvalue weighted by molar-refractivity contribution is 7.22. The molecule has 0 bridgehead atoms. The topological polar surface area (TPSA) is 9.23 Å². The lowest BCUT2D eigenvalue weighted by molar-refractivity contribution is 0.420. The molecule has 0 saturated carbocycles. The lowest BCUT2D eigenvalue weighted by Crippen LogP contribution is -1.81. The Labute approximate surface area is 104 Å². The van der Waals surface area contributed by atoms with Crippen LogP contribution in [0.25, 0.3) is 20.5 Å². The first kappa shape index (κ1) is 10.4. The second-order valence-electron chi connectivity index (χ2n) is 3.85. The Bertz CT molecular complexity index is 640. The normalized spacial score (nSPS) is 10.6. The third kappa shape index (κ3) is 1.81. The zero-order valence-electron chi connectivity index (χ0n) is 9.51. The summed E-state index contributed by atoms with van der Waals surface area (Å²) in [4.78, 5) is 1.28. The second kappa shape index (κ2) is 4.22. The van der Waals surface area contributed by atoms with Gasteiger partial charge in [0.2, 0.25) is 0 Å². The van der Waals surface area contributed by atoms with Gasteiger partial charge in [-0.05, 0) is 23.8 Å². The van der Waals surface area contributed by atoms with Gasteiger partial charge < -0.3 is 4.74 Å². The van der Waals surface area contributed by atoms with Crippen molar-refractivity contribution in [2.45, 2.75) is 0 Å². The van der Waals surface area contributed by atoms with Crippen molar-refractivity contribution in [2.75, 3.05) is 7.11 Å². The molecule has 2 aromatic carbocycles. The Balaban J connectivity index is 2.20. The zero-order valence-corrected chi connectivity index (χ0v) is 10.3. The minimum absolute atomic E-state index is 0.945. The van der Waals surface area contributed by atoms with Crippen molar-refractivity contribution < 1.29 is 4.74 Å². The summed E-state index contributed by atoms with van der Waals surface area (Å²) in [5.41, 5.74) is 1.26. The average molecular weight is 240 g/mol. The number of thiophene rings is 1. The molecule has 0 saturated heterocycles. The molecule has 3 aromatic rings. The van der Waals surface area contributed by atoms with Crippen LogP contribution in [0.1, 0.15) is 0 Å². The Kier molecular flexibility index (Phi) is 2.57. The van der Waals surface area contributed by atoms with Gasteiger partial charge in [-0.25, -0.2) is 0 Å². The molecule has 0 amide bonds. The van der Waals surface area contributed by atoms with Gasteiger partial charge >= 0.3 is 0 Å². The van der Waals surface area contributed by atoms with Crippen molar-refractivity contribution in [1.29, 1.82) is 0 Å². The standard InChI is InChI=1S/C15H12OS/c1-16-13-8-5-9-14-12(13)10-15(17-14)11-6-3-2-4-7-11/h2-10H,1H3. The maximum Gasteiger partial charge on any atom is 0.127 e. The summed E-state index contributed by atoms with van der Waals surface area (Å²) in [5.74, 6) is 0.945. The number of hydrogen-bond donors (Lipinski definition) is 0. The fraction of sp³-hybridized carbons (Fsp3) is 0.0667. The van der Waals surface area contributed by atoms with Crippen LogP contribution in [0.5, 0.6) is 5.75 Å². The van der Waals surface area contributed by atoms with Crippen LogP contribution in [0.2, 0.25) is 0 Å². The summed E-state index contributed by atoms with van der Waals surface area (Å²) in [7, 11) is 1.72. The number of ether oxygens (including phenoxy) is 1. The van der Waals surface area contributed by atoms with Crippen LogP contribution in [-0.4, -0.2) is 7.11 Å². The fourth-order valence-electron chi connectivity index (χ4n) is 1.96. The van der Waals surface area contributed by atoms with Gasteiger partial charge in [0.1, 0.15) is 5.75 Å². The highest BCUT2D eigenvalue weighted by Gasteiger charge is 2.07. The first-order chi connectivity index (χ1) is 8.38.